The molecule has 3 heteroatoms. The molecule has 0 spiro atoms. The molecule has 0 N–H and O–H groups in total. The predicted molar refractivity (Wildman–Crippen MR) is 38.3 cm³/mol. The molecule has 0 aromatic carbocycles. The Balaban J connectivity index is 2.96. The van der Waals surface area contributed by atoms with Crippen LogP contribution >= 0.6 is 0 Å². The monoisotopic (exact) mass is 148 g/mol. The van der Waals surface area contributed by atoms with E-state index >= 15 is 0 Å². The molecule has 0 aromatic heterocycles. The molecule has 0 aliphatic carbocycles. The van der Waals surface area contributed by atoms with Crippen molar-refractivity contribution in [2.75, 3.05) is 6.61 Å². The molecule has 1 fully saturated rings. The van der Waals surface area contributed by atoms with Crippen molar-refractivity contribution in [3.05, 3.63) is 11.1 Å². The van der Waals surface area contributed by atoms with Gasteiger partial charge in [0.05, 0.1) is 12.7 Å². The van der Waals surface area contributed by atoms with Crippen molar-refractivity contribution < 1.29 is 4.74 Å². The topological polar surface area (TPSA) is 56.8 Å². The second-order valence-corrected chi connectivity index (χ2v) is 2.39. The molecular formula is C8H8N2O. The van der Waals surface area contributed by atoms with Gasteiger partial charge in [0, 0.05) is 0 Å². The maximum absolute atomic E-state index is 8.52. The average Bonchev–Trinajstić information content (AvgIpc) is 2.40. The van der Waals surface area contributed by atoms with Gasteiger partial charge in [0.2, 0.25) is 0 Å². The van der Waals surface area contributed by atoms with Gasteiger partial charge in [-0.1, -0.05) is 0 Å². The number of nitriles is 2. The van der Waals surface area contributed by atoms with Gasteiger partial charge in [0.15, 0.2) is 0 Å². The van der Waals surface area contributed by atoms with Gasteiger partial charge in [-0.25, -0.2) is 0 Å². The highest BCUT2D eigenvalue weighted by molar-refractivity contribution is 5.42. The lowest BCUT2D eigenvalue weighted by Gasteiger charge is -2.01. The molecule has 56 valence electrons. The van der Waals surface area contributed by atoms with E-state index in [0.29, 0.717) is 6.61 Å². The Labute approximate surface area is 65.5 Å². The number of rotatable bonds is 0. The van der Waals surface area contributed by atoms with Crippen molar-refractivity contribution in [2.24, 2.45) is 0 Å². The fourth-order valence-electron chi connectivity index (χ4n) is 1.15. The van der Waals surface area contributed by atoms with Crippen LogP contribution in [0.3, 0.4) is 0 Å². The Morgan fingerprint density at radius 2 is 2.18 bits per heavy atom. The summed E-state index contributed by atoms with van der Waals surface area (Å²) in [5.41, 5.74) is 1.06. The SMILES string of the molecule is CC1OCCC1=C(C#N)C#N. The van der Waals surface area contributed by atoms with Crippen LogP contribution < -0.4 is 0 Å². The van der Waals surface area contributed by atoms with Crippen molar-refractivity contribution in [1.82, 2.24) is 0 Å². The highest BCUT2D eigenvalue weighted by Gasteiger charge is 2.20. The van der Waals surface area contributed by atoms with E-state index < -0.39 is 0 Å². The number of nitrogens with zero attached hydrogens (tertiary/aromatic N) is 2. The highest BCUT2D eigenvalue weighted by Crippen LogP contribution is 2.22. The maximum Gasteiger partial charge on any atom is 0.131 e. The summed E-state index contributed by atoms with van der Waals surface area (Å²) in [4.78, 5) is 0. The van der Waals surface area contributed by atoms with Crippen LogP contribution in [0.5, 0.6) is 0 Å². The van der Waals surface area contributed by atoms with Crippen molar-refractivity contribution >= 4 is 0 Å². The Kier molecular flexibility index (Phi) is 2.25. The van der Waals surface area contributed by atoms with Gasteiger partial charge in [0.1, 0.15) is 17.7 Å². The Bertz CT molecular complexity index is 251. The second-order valence-electron chi connectivity index (χ2n) is 2.39. The summed E-state index contributed by atoms with van der Waals surface area (Å²) in [5, 5.41) is 17.0. The van der Waals surface area contributed by atoms with E-state index in [-0.39, 0.29) is 11.7 Å². The number of hydrogen-bond acceptors (Lipinski definition) is 3. The molecule has 1 aliphatic rings. The summed E-state index contributed by atoms with van der Waals surface area (Å²) >= 11 is 0. The van der Waals surface area contributed by atoms with Crippen LogP contribution in [0.4, 0.5) is 0 Å². The fraction of sp³-hybridized carbons (Fsp3) is 0.500. The smallest absolute Gasteiger partial charge is 0.131 e. The molecule has 1 saturated heterocycles. The first-order valence-corrected chi connectivity index (χ1v) is 3.44. The standard InChI is InChI=1S/C8H8N2O/c1-6-8(2-3-11-6)7(4-9)5-10/h6H,2-3H2,1H3. The van der Waals surface area contributed by atoms with Crippen molar-refractivity contribution in [2.45, 2.75) is 19.4 Å². The summed E-state index contributed by atoms with van der Waals surface area (Å²) in [5.74, 6) is 0. The quantitative estimate of drug-likeness (QED) is 0.484. The third-order valence-electron chi connectivity index (χ3n) is 1.77. The van der Waals surface area contributed by atoms with E-state index in [2.05, 4.69) is 0 Å². The summed E-state index contributed by atoms with van der Waals surface area (Å²) in [6, 6.07) is 3.73. The molecule has 1 rings (SSSR count). The minimum atomic E-state index is -0.0516. The first-order valence-electron chi connectivity index (χ1n) is 3.44. The maximum atomic E-state index is 8.52. The van der Waals surface area contributed by atoms with Crippen LogP contribution in [0.2, 0.25) is 0 Å². The third-order valence-corrected chi connectivity index (χ3v) is 1.77. The van der Waals surface area contributed by atoms with Crippen LogP contribution in [-0.4, -0.2) is 12.7 Å². The zero-order valence-electron chi connectivity index (χ0n) is 6.29. The molecule has 1 atom stereocenters. The second kappa shape index (κ2) is 3.18. The van der Waals surface area contributed by atoms with Crippen molar-refractivity contribution in [3.63, 3.8) is 0 Å². The molecule has 0 saturated carbocycles. The van der Waals surface area contributed by atoms with E-state index in [9.17, 15) is 0 Å². The van der Waals surface area contributed by atoms with E-state index in [0.717, 1.165) is 12.0 Å². The molecule has 0 amide bonds. The minimum absolute atomic E-state index is 0.0516. The van der Waals surface area contributed by atoms with Gasteiger partial charge in [-0.2, -0.15) is 10.5 Å². The largest absolute Gasteiger partial charge is 0.374 e. The van der Waals surface area contributed by atoms with E-state index in [1.165, 1.54) is 0 Å². The van der Waals surface area contributed by atoms with Crippen molar-refractivity contribution in [3.8, 4) is 12.1 Å². The number of allylic oxidation sites excluding steroid dienone is 1. The third kappa shape index (κ3) is 1.39. The van der Waals surface area contributed by atoms with Gasteiger partial charge in [-0.15, -0.1) is 0 Å². The summed E-state index contributed by atoms with van der Waals surface area (Å²) in [6.45, 7) is 2.49. The fourth-order valence-corrected chi connectivity index (χ4v) is 1.15. The van der Waals surface area contributed by atoms with Gasteiger partial charge >= 0.3 is 0 Å². The summed E-state index contributed by atoms with van der Waals surface area (Å²) in [7, 11) is 0. The molecule has 3 nitrogen and oxygen atoms in total. The van der Waals surface area contributed by atoms with Gasteiger partial charge in [-0.3, -0.25) is 0 Å². The Morgan fingerprint density at radius 1 is 1.55 bits per heavy atom. The van der Waals surface area contributed by atoms with Crippen LogP contribution in [0.15, 0.2) is 11.1 Å². The molecule has 0 bridgehead atoms. The van der Waals surface area contributed by atoms with E-state index in [1.807, 2.05) is 19.1 Å². The van der Waals surface area contributed by atoms with Crippen LogP contribution in [0.25, 0.3) is 0 Å². The molecular weight excluding hydrogens is 140 g/mol. The molecule has 0 aromatic rings. The summed E-state index contributed by atoms with van der Waals surface area (Å²) < 4.78 is 5.19. The minimum Gasteiger partial charge on any atom is -0.374 e. The highest BCUT2D eigenvalue weighted by atomic mass is 16.5. The van der Waals surface area contributed by atoms with Crippen LogP contribution in [0.1, 0.15) is 13.3 Å². The molecule has 0 radical (unpaired) electrons. The Hall–Kier alpha value is -1.32. The molecule has 1 heterocycles. The number of ether oxygens (including phenoxy) is 1. The predicted octanol–water partition coefficient (Wildman–Crippen LogP) is 1.14. The number of hydrogen-bond donors (Lipinski definition) is 0. The molecule has 1 unspecified atom stereocenters. The first kappa shape index (κ1) is 7.78. The van der Waals surface area contributed by atoms with E-state index in [4.69, 9.17) is 15.3 Å². The van der Waals surface area contributed by atoms with E-state index in [1.54, 1.807) is 0 Å². The molecule has 1 aliphatic heterocycles. The first-order chi connectivity index (χ1) is 5.29. The summed E-state index contributed by atoms with van der Waals surface area (Å²) in [6.07, 6.45) is 0.668. The lowest BCUT2D eigenvalue weighted by atomic mass is 10.1. The van der Waals surface area contributed by atoms with Crippen LogP contribution in [0, 0.1) is 22.7 Å². The lowest BCUT2D eigenvalue weighted by molar-refractivity contribution is 0.137. The normalized spacial score (nSPS) is 22.5. The van der Waals surface area contributed by atoms with Gasteiger partial charge < -0.3 is 4.74 Å². The Morgan fingerprint density at radius 3 is 2.55 bits per heavy atom. The van der Waals surface area contributed by atoms with Crippen molar-refractivity contribution in [1.29, 1.82) is 10.5 Å². The molecule has 11 heavy (non-hydrogen) atoms. The van der Waals surface area contributed by atoms with Crippen LogP contribution in [-0.2, 0) is 4.74 Å². The van der Waals surface area contributed by atoms with Gasteiger partial charge in [0.25, 0.3) is 0 Å². The van der Waals surface area contributed by atoms with Gasteiger partial charge in [-0.05, 0) is 18.9 Å². The lowest BCUT2D eigenvalue weighted by Crippen LogP contribution is -2.01. The zero-order chi connectivity index (χ0) is 8.27. The average molecular weight is 148 g/mol. The zero-order valence-corrected chi connectivity index (χ0v) is 6.29.